The second-order valence-electron chi connectivity index (χ2n) is 14.5. The van der Waals surface area contributed by atoms with Crippen LogP contribution in [-0.2, 0) is 0 Å². The van der Waals surface area contributed by atoms with E-state index in [1.54, 1.807) is 0 Å². The number of hydrogen-bond acceptors (Lipinski definition) is 2. The van der Waals surface area contributed by atoms with E-state index in [0.717, 1.165) is 92.8 Å². The fourth-order valence-corrected chi connectivity index (χ4v) is 8.88. The summed E-state index contributed by atoms with van der Waals surface area (Å²) in [6, 6.07) is 52.2. The van der Waals surface area contributed by atoms with E-state index in [9.17, 15) is 0 Å². The van der Waals surface area contributed by atoms with Crippen LogP contribution >= 0.6 is 0 Å². The van der Waals surface area contributed by atoms with Gasteiger partial charge in [-0.15, -0.1) is 0 Å². The summed E-state index contributed by atoms with van der Waals surface area (Å²) in [5.41, 5.74) is 22.6. The highest BCUT2D eigenvalue weighted by Crippen LogP contribution is 2.45. The van der Waals surface area contributed by atoms with Crippen LogP contribution in [0.1, 0.15) is 76.2 Å². The van der Waals surface area contributed by atoms with Crippen LogP contribution in [-0.4, -0.2) is 19.9 Å². The van der Waals surface area contributed by atoms with E-state index in [-0.39, 0.29) is 0 Å². The summed E-state index contributed by atoms with van der Waals surface area (Å²) in [6.45, 7) is 9.01. The highest BCUT2D eigenvalue weighted by atomic mass is 14.8. The van der Waals surface area contributed by atoms with Crippen molar-refractivity contribution in [2.45, 2.75) is 53.4 Å². The van der Waals surface area contributed by atoms with Gasteiger partial charge in [0, 0.05) is 44.3 Å². The third kappa shape index (κ3) is 6.12. The van der Waals surface area contributed by atoms with Crippen LogP contribution in [0.5, 0.6) is 0 Å². The number of aromatic amines is 2. The number of rotatable bonds is 8. The second kappa shape index (κ2) is 15.0. The molecule has 0 radical (unpaired) electrons. The molecule has 274 valence electrons. The van der Waals surface area contributed by atoms with Gasteiger partial charge in [-0.3, -0.25) is 0 Å². The first-order valence-electron chi connectivity index (χ1n) is 20.1. The molecule has 8 bridgehead atoms. The minimum Gasteiger partial charge on any atom is -0.354 e. The molecule has 2 aliphatic heterocycles. The Hall–Kier alpha value is -6.52. The number of allylic oxidation sites excluding steroid dienone is 4. The van der Waals surface area contributed by atoms with Gasteiger partial charge in [-0.05, 0) is 94.5 Å². The molecule has 0 atom stereocenters. The lowest BCUT2D eigenvalue weighted by Crippen LogP contribution is -1.84. The highest BCUT2D eigenvalue weighted by Gasteiger charge is 2.24. The zero-order chi connectivity index (χ0) is 38.2. The largest absolute Gasteiger partial charge is 0.354 e. The first kappa shape index (κ1) is 35.2. The normalized spacial score (nSPS) is 12.8. The number of H-pyrrole nitrogens is 2. The molecule has 4 aromatic carbocycles. The molecular formula is C52H46N4. The Kier molecular flexibility index (Phi) is 9.40. The maximum atomic E-state index is 5.51. The molecule has 0 amide bonds. The summed E-state index contributed by atoms with van der Waals surface area (Å²) < 4.78 is 0. The van der Waals surface area contributed by atoms with Crippen LogP contribution in [0.4, 0.5) is 0 Å². The monoisotopic (exact) mass is 726 g/mol. The van der Waals surface area contributed by atoms with E-state index in [1.165, 1.54) is 44.5 Å². The average Bonchev–Trinajstić information content (AvgIpc) is 3.98. The van der Waals surface area contributed by atoms with Crippen molar-refractivity contribution in [3.05, 3.63) is 168 Å². The van der Waals surface area contributed by atoms with Gasteiger partial charge in [-0.25, -0.2) is 9.97 Å². The molecule has 4 heteroatoms. The van der Waals surface area contributed by atoms with Gasteiger partial charge in [0.25, 0.3) is 0 Å². The summed E-state index contributed by atoms with van der Waals surface area (Å²) in [4.78, 5) is 18.9. The lowest BCUT2D eigenvalue weighted by molar-refractivity contribution is 1.20. The van der Waals surface area contributed by atoms with Crippen molar-refractivity contribution in [3.8, 4) is 44.5 Å². The summed E-state index contributed by atoms with van der Waals surface area (Å²) in [5.74, 6) is 0. The topological polar surface area (TPSA) is 57.4 Å². The quantitative estimate of drug-likeness (QED) is 0.164. The molecule has 0 fully saturated rings. The molecule has 0 saturated heterocycles. The molecule has 5 heterocycles. The smallest absolute Gasteiger partial charge is 0.0693 e. The lowest BCUT2D eigenvalue weighted by Gasteiger charge is -2.07. The molecule has 0 unspecified atom stereocenters. The lowest BCUT2D eigenvalue weighted by atomic mass is 9.94. The number of nitrogens with zero attached hydrogens (tertiary/aromatic N) is 2. The van der Waals surface area contributed by atoms with Crippen molar-refractivity contribution < 1.29 is 0 Å². The minimum atomic E-state index is 0.881. The van der Waals surface area contributed by atoms with Gasteiger partial charge in [0.15, 0.2) is 0 Å². The summed E-state index contributed by atoms with van der Waals surface area (Å²) in [5, 5.41) is 0. The molecular weight excluding hydrogens is 681 g/mol. The molecule has 2 aliphatic rings. The molecule has 4 nitrogen and oxygen atoms in total. The number of aromatic nitrogens is 4. The maximum absolute atomic E-state index is 5.51. The highest BCUT2D eigenvalue weighted by molar-refractivity contribution is 6.07. The fourth-order valence-electron chi connectivity index (χ4n) is 8.88. The summed E-state index contributed by atoms with van der Waals surface area (Å²) in [6.07, 6.45) is 3.52. The van der Waals surface area contributed by atoms with Gasteiger partial charge in [0.1, 0.15) is 0 Å². The predicted molar refractivity (Wildman–Crippen MR) is 238 cm³/mol. The van der Waals surface area contributed by atoms with E-state index in [4.69, 9.17) is 9.97 Å². The van der Waals surface area contributed by atoms with Crippen molar-refractivity contribution in [3.63, 3.8) is 0 Å². The van der Waals surface area contributed by atoms with Crippen molar-refractivity contribution >= 4 is 44.4 Å². The van der Waals surface area contributed by atoms with Gasteiger partial charge in [-0.1, -0.05) is 149 Å². The molecule has 3 aromatic heterocycles. The van der Waals surface area contributed by atoms with Gasteiger partial charge < -0.3 is 9.97 Å². The van der Waals surface area contributed by atoms with E-state index < -0.39 is 0 Å². The zero-order valence-electron chi connectivity index (χ0n) is 32.6. The summed E-state index contributed by atoms with van der Waals surface area (Å²) in [7, 11) is 0. The van der Waals surface area contributed by atoms with Crippen LogP contribution in [0.3, 0.4) is 0 Å². The van der Waals surface area contributed by atoms with E-state index in [2.05, 4.69) is 183 Å². The summed E-state index contributed by atoms with van der Waals surface area (Å²) >= 11 is 0. The average molecular weight is 727 g/mol. The zero-order valence-corrected chi connectivity index (χ0v) is 32.6. The minimum absolute atomic E-state index is 0.881. The Morgan fingerprint density at radius 1 is 0.321 bits per heavy atom. The second-order valence-corrected chi connectivity index (χ2v) is 14.5. The van der Waals surface area contributed by atoms with Crippen molar-refractivity contribution in [2.75, 3.05) is 0 Å². The Labute approximate surface area is 329 Å². The van der Waals surface area contributed by atoms with Crippen LogP contribution in [0, 0.1) is 0 Å². The molecule has 2 N–H and O–H groups in total. The first-order chi connectivity index (χ1) is 27.6. The Bertz CT molecular complexity index is 2420. The Morgan fingerprint density at radius 3 is 0.732 bits per heavy atom. The van der Waals surface area contributed by atoms with Crippen molar-refractivity contribution in [2.24, 2.45) is 0 Å². The Morgan fingerprint density at radius 2 is 0.536 bits per heavy atom. The van der Waals surface area contributed by atoms with Gasteiger partial charge in [0.2, 0.25) is 0 Å². The third-order valence-electron chi connectivity index (χ3n) is 11.4. The van der Waals surface area contributed by atoms with Gasteiger partial charge in [-0.2, -0.15) is 0 Å². The predicted octanol–water partition coefficient (Wildman–Crippen LogP) is 14.4. The van der Waals surface area contributed by atoms with E-state index in [0.29, 0.717) is 0 Å². The number of hydrogen-bond donors (Lipinski definition) is 2. The molecule has 0 aliphatic carbocycles. The number of nitrogens with one attached hydrogen (secondary N) is 2. The van der Waals surface area contributed by atoms with E-state index in [1.807, 2.05) is 0 Å². The molecule has 9 rings (SSSR count). The molecule has 56 heavy (non-hydrogen) atoms. The van der Waals surface area contributed by atoms with Gasteiger partial charge >= 0.3 is 0 Å². The third-order valence-corrected chi connectivity index (χ3v) is 11.4. The maximum Gasteiger partial charge on any atom is 0.0693 e. The van der Waals surface area contributed by atoms with Crippen LogP contribution in [0.2, 0.25) is 0 Å². The Balaban J connectivity index is 1.51. The number of benzene rings is 4. The molecule has 7 aromatic rings. The van der Waals surface area contributed by atoms with Crippen LogP contribution < -0.4 is 0 Å². The molecule has 0 saturated carbocycles. The SMILES string of the molecule is CCC1=C(CC)c2cc3[nH]c(cc4nc(cc5[nH]c(cc1n2)c(-c1ccccc1)c5-c1ccccc1)C(CC)=C4CC)c(-c1ccccc1)c3-c1ccccc1. The van der Waals surface area contributed by atoms with Crippen LogP contribution in [0.15, 0.2) is 146 Å². The first-order valence-corrected chi connectivity index (χ1v) is 20.1. The van der Waals surface area contributed by atoms with Crippen molar-refractivity contribution in [1.82, 2.24) is 19.9 Å². The fraction of sp³-hybridized carbons (Fsp3) is 0.154. The molecule has 0 spiro atoms. The van der Waals surface area contributed by atoms with Gasteiger partial charge in [0.05, 0.1) is 22.8 Å². The van der Waals surface area contributed by atoms with Crippen molar-refractivity contribution in [1.29, 1.82) is 0 Å². The number of fused-ring (bicyclic) bond motifs is 8. The van der Waals surface area contributed by atoms with Crippen LogP contribution in [0.25, 0.3) is 88.9 Å². The van der Waals surface area contributed by atoms with E-state index >= 15 is 0 Å². The standard InChI is InChI=1S/C52H46N4/c1-5-37-38(6-2)42-30-46-50(34-23-15-10-16-24-34)52(36-27-19-12-20-28-36)48(56-46)32-44-40(8-4)39(7-3)43(54-44)31-47-51(35-25-17-11-18-26-35)49(33-21-13-9-14-22-33)45(55-47)29-41(37)53-42/h9-32,55-56H,5-8H2,1-4H3.